The van der Waals surface area contributed by atoms with Gasteiger partial charge in [0, 0.05) is 12.3 Å². The summed E-state index contributed by atoms with van der Waals surface area (Å²) in [5.41, 5.74) is 1.79. The molecule has 0 atom stereocenters. The summed E-state index contributed by atoms with van der Waals surface area (Å²) in [5.74, 6) is 1.49. The molecule has 0 unspecified atom stereocenters. The van der Waals surface area contributed by atoms with E-state index in [4.69, 9.17) is 9.47 Å². The van der Waals surface area contributed by atoms with Gasteiger partial charge in [0.25, 0.3) is 0 Å². The molecule has 2 aromatic carbocycles. The molecular weight excluding hydrogens is 226 g/mol. The van der Waals surface area contributed by atoms with Crippen LogP contribution in [-0.2, 0) is 0 Å². The summed E-state index contributed by atoms with van der Waals surface area (Å²) in [6.07, 6.45) is 1.80. The summed E-state index contributed by atoms with van der Waals surface area (Å²) in [5, 5.41) is 0. The van der Waals surface area contributed by atoms with Crippen LogP contribution in [0.5, 0.6) is 11.5 Å². The maximum Gasteiger partial charge on any atom is 0.144 e. The van der Waals surface area contributed by atoms with Crippen LogP contribution in [0.25, 0.3) is 0 Å². The smallest absolute Gasteiger partial charge is 0.144 e. The van der Waals surface area contributed by atoms with E-state index in [1.165, 1.54) is 0 Å². The molecule has 0 bridgehead atoms. The van der Waals surface area contributed by atoms with Gasteiger partial charge in [0.05, 0.1) is 14.2 Å². The maximum absolute atomic E-state index is 5.26. The van der Waals surface area contributed by atoms with E-state index in [2.05, 4.69) is 4.99 Å². The Bertz CT molecular complexity index is 535. The van der Waals surface area contributed by atoms with Gasteiger partial charge in [-0.1, -0.05) is 30.3 Å². The highest BCUT2D eigenvalue weighted by Gasteiger charge is 2.02. The Hall–Kier alpha value is -2.29. The molecule has 0 aliphatic rings. The van der Waals surface area contributed by atoms with Crippen molar-refractivity contribution in [2.24, 2.45) is 4.99 Å². The molecule has 2 aromatic rings. The third-order valence-corrected chi connectivity index (χ3v) is 2.54. The van der Waals surface area contributed by atoms with Gasteiger partial charge < -0.3 is 9.47 Å². The van der Waals surface area contributed by atoms with Crippen LogP contribution >= 0.6 is 0 Å². The normalized spacial score (nSPS) is 10.6. The quantitative estimate of drug-likeness (QED) is 0.767. The van der Waals surface area contributed by atoms with Gasteiger partial charge in [0.1, 0.15) is 17.2 Å². The molecule has 0 aliphatic heterocycles. The van der Waals surface area contributed by atoms with Crippen LogP contribution in [-0.4, -0.2) is 20.4 Å². The number of aliphatic imine (C=N–C) groups is 1. The lowest BCUT2D eigenvalue weighted by molar-refractivity contribution is 0.404. The lowest BCUT2D eigenvalue weighted by Gasteiger charge is -2.06. The number of benzene rings is 2. The molecule has 0 spiro atoms. The zero-order valence-corrected chi connectivity index (χ0v) is 10.5. The largest absolute Gasteiger partial charge is 0.497 e. The molecular formula is C15H15NO2. The predicted octanol–water partition coefficient (Wildman–Crippen LogP) is 3.45. The number of nitrogens with zero attached hydrogens (tertiary/aromatic N) is 1. The molecule has 2 rings (SSSR count). The fraction of sp³-hybridized carbons (Fsp3) is 0.133. The van der Waals surface area contributed by atoms with Crippen LogP contribution in [0.15, 0.2) is 53.5 Å². The van der Waals surface area contributed by atoms with Crippen molar-refractivity contribution in [1.82, 2.24) is 0 Å². The first kappa shape index (κ1) is 12.2. The van der Waals surface area contributed by atoms with Gasteiger partial charge in [-0.25, -0.2) is 0 Å². The first-order chi connectivity index (χ1) is 8.83. The second-order valence-corrected chi connectivity index (χ2v) is 3.71. The third kappa shape index (κ3) is 2.88. The van der Waals surface area contributed by atoms with Gasteiger partial charge in [0.2, 0.25) is 0 Å². The highest BCUT2D eigenvalue weighted by molar-refractivity contribution is 5.82. The second-order valence-electron chi connectivity index (χ2n) is 3.71. The van der Waals surface area contributed by atoms with Crippen LogP contribution in [0, 0.1) is 0 Å². The molecule has 0 amide bonds. The van der Waals surface area contributed by atoms with Crippen molar-refractivity contribution in [2.45, 2.75) is 0 Å². The van der Waals surface area contributed by atoms with Gasteiger partial charge in [0.15, 0.2) is 0 Å². The van der Waals surface area contributed by atoms with E-state index in [9.17, 15) is 0 Å². The molecule has 0 heterocycles. The van der Waals surface area contributed by atoms with Crippen molar-refractivity contribution in [3.63, 3.8) is 0 Å². The summed E-state index contributed by atoms with van der Waals surface area (Å²) in [6.45, 7) is 0. The Kier molecular flexibility index (Phi) is 3.97. The van der Waals surface area contributed by atoms with Crippen molar-refractivity contribution >= 4 is 11.9 Å². The Morgan fingerprint density at radius 2 is 1.72 bits per heavy atom. The Labute approximate surface area is 107 Å². The second kappa shape index (κ2) is 5.87. The summed E-state index contributed by atoms with van der Waals surface area (Å²) >= 11 is 0. The molecule has 0 aliphatic carbocycles. The first-order valence-electron chi connectivity index (χ1n) is 5.64. The van der Waals surface area contributed by atoms with E-state index < -0.39 is 0 Å². The lowest BCUT2D eigenvalue weighted by Crippen LogP contribution is -1.87. The molecule has 0 fully saturated rings. The number of ether oxygens (including phenoxy) is 2. The Morgan fingerprint density at radius 3 is 2.39 bits per heavy atom. The van der Waals surface area contributed by atoms with Crippen LogP contribution in [0.3, 0.4) is 0 Å². The fourth-order valence-corrected chi connectivity index (χ4v) is 1.58. The summed E-state index contributed by atoms with van der Waals surface area (Å²) in [7, 11) is 3.26. The van der Waals surface area contributed by atoms with Crippen molar-refractivity contribution in [3.8, 4) is 11.5 Å². The lowest BCUT2D eigenvalue weighted by atomic mass is 10.2. The van der Waals surface area contributed by atoms with E-state index in [1.807, 2.05) is 48.5 Å². The molecule has 0 saturated carbocycles. The maximum atomic E-state index is 5.26. The monoisotopic (exact) mass is 241 g/mol. The fourth-order valence-electron chi connectivity index (χ4n) is 1.58. The van der Waals surface area contributed by atoms with E-state index >= 15 is 0 Å². The number of hydrogen-bond donors (Lipinski definition) is 0. The zero-order chi connectivity index (χ0) is 12.8. The molecule has 18 heavy (non-hydrogen) atoms. The Morgan fingerprint density at radius 1 is 0.944 bits per heavy atom. The van der Waals surface area contributed by atoms with E-state index in [-0.39, 0.29) is 0 Å². The van der Waals surface area contributed by atoms with Crippen LogP contribution in [0.1, 0.15) is 5.56 Å². The standard InChI is InChI=1S/C15H15NO2/c1-17-13-8-9-15(18-2)14(10-13)16-11-12-6-4-3-5-7-12/h3-11H,1-2H3. The average molecular weight is 241 g/mol. The molecule has 3 nitrogen and oxygen atoms in total. The SMILES string of the molecule is COc1ccc(OC)c(N=Cc2ccccc2)c1. The molecule has 3 heteroatoms. The number of rotatable bonds is 4. The Balaban J connectivity index is 2.30. The van der Waals surface area contributed by atoms with Crippen LogP contribution in [0.4, 0.5) is 5.69 Å². The summed E-state index contributed by atoms with van der Waals surface area (Å²) in [6, 6.07) is 15.5. The minimum absolute atomic E-state index is 0.725. The predicted molar refractivity (Wildman–Crippen MR) is 73.2 cm³/mol. The van der Waals surface area contributed by atoms with Crippen molar-refractivity contribution in [2.75, 3.05) is 14.2 Å². The number of methoxy groups -OCH3 is 2. The van der Waals surface area contributed by atoms with E-state index in [0.29, 0.717) is 0 Å². The number of hydrogen-bond acceptors (Lipinski definition) is 3. The molecule has 0 saturated heterocycles. The topological polar surface area (TPSA) is 30.8 Å². The van der Waals surface area contributed by atoms with Crippen LogP contribution < -0.4 is 9.47 Å². The van der Waals surface area contributed by atoms with Gasteiger partial charge in [-0.15, -0.1) is 0 Å². The van der Waals surface area contributed by atoms with Crippen LogP contribution in [0.2, 0.25) is 0 Å². The van der Waals surface area contributed by atoms with E-state index in [0.717, 1.165) is 22.7 Å². The molecule has 92 valence electrons. The van der Waals surface area contributed by atoms with Gasteiger partial charge in [-0.2, -0.15) is 0 Å². The summed E-state index contributed by atoms with van der Waals surface area (Å²) in [4.78, 5) is 4.43. The minimum Gasteiger partial charge on any atom is -0.497 e. The van der Waals surface area contributed by atoms with Gasteiger partial charge in [-0.3, -0.25) is 4.99 Å². The zero-order valence-electron chi connectivity index (χ0n) is 10.5. The summed E-state index contributed by atoms with van der Waals surface area (Å²) < 4.78 is 10.4. The highest BCUT2D eigenvalue weighted by Crippen LogP contribution is 2.31. The van der Waals surface area contributed by atoms with Gasteiger partial charge >= 0.3 is 0 Å². The molecule has 0 N–H and O–H groups in total. The van der Waals surface area contributed by atoms with Crippen molar-refractivity contribution < 1.29 is 9.47 Å². The first-order valence-corrected chi connectivity index (χ1v) is 5.64. The third-order valence-electron chi connectivity index (χ3n) is 2.54. The van der Waals surface area contributed by atoms with Crippen molar-refractivity contribution in [3.05, 3.63) is 54.1 Å². The highest BCUT2D eigenvalue weighted by atomic mass is 16.5. The minimum atomic E-state index is 0.725. The van der Waals surface area contributed by atoms with E-state index in [1.54, 1.807) is 20.4 Å². The van der Waals surface area contributed by atoms with Crippen molar-refractivity contribution in [1.29, 1.82) is 0 Å². The molecule has 0 aromatic heterocycles. The average Bonchev–Trinajstić information content (AvgIpc) is 2.45. The van der Waals surface area contributed by atoms with Gasteiger partial charge in [-0.05, 0) is 17.7 Å². The molecule has 0 radical (unpaired) electrons.